The van der Waals surface area contributed by atoms with Gasteiger partial charge >= 0.3 is 0 Å². The van der Waals surface area contributed by atoms with Crippen LogP contribution < -0.4 is 5.32 Å². The highest BCUT2D eigenvalue weighted by molar-refractivity contribution is 7.99. The molecule has 2 rings (SSSR count). The van der Waals surface area contributed by atoms with Gasteiger partial charge in [-0.2, -0.15) is 22.1 Å². The fourth-order valence-corrected chi connectivity index (χ4v) is 2.69. The van der Waals surface area contributed by atoms with Crippen molar-refractivity contribution in [3.8, 4) is 6.07 Å². The van der Waals surface area contributed by atoms with E-state index in [-0.39, 0.29) is 0 Å². The van der Waals surface area contributed by atoms with Gasteiger partial charge in [0.25, 0.3) is 0 Å². The summed E-state index contributed by atoms with van der Waals surface area (Å²) in [4.78, 5) is 2.42. The number of hydrogen-bond donors (Lipinski definition) is 1. The fraction of sp³-hybridized carbons (Fsp3) is 0.545. The molecule has 6 heteroatoms. The Morgan fingerprint density at radius 2 is 2.29 bits per heavy atom. The van der Waals surface area contributed by atoms with Crippen LogP contribution in [0, 0.1) is 11.3 Å². The molecule has 0 bridgehead atoms. The van der Waals surface area contributed by atoms with Gasteiger partial charge in [0.1, 0.15) is 6.07 Å². The molecule has 1 aromatic heterocycles. The number of hydrogen-bond acceptors (Lipinski definition) is 6. The zero-order chi connectivity index (χ0) is 11.9. The zero-order valence-corrected chi connectivity index (χ0v) is 10.4. The molecular formula is C11H15N5S. The van der Waals surface area contributed by atoms with Gasteiger partial charge in [-0.05, 0) is 6.07 Å². The van der Waals surface area contributed by atoms with Crippen LogP contribution in [-0.2, 0) is 0 Å². The lowest BCUT2D eigenvalue weighted by Gasteiger charge is -2.26. The molecule has 0 saturated carbocycles. The minimum absolute atomic E-state index is 0.550. The van der Waals surface area contributed by atoms with Crippen molar-refractivity contribution in [3.05, 3.63) is 17.8 Å². The van der Waals surface area contributed by atoms with Crippen LogP contribution in [0.2, 0.25) is 0 Å². The van der Waals surface area contributed by atoms with Crippen LogP contribution in [0.3, 0.4) is 0 Å². The van der Waals surface area contributed by atoms with E-state index in [4.69, 9.17) is 5.26 Å². The molecule has 1 aromatic rings. The average Bonchev–Trinajstić information content (AvgIpc) is 2.40. The Bertz CT molecular complexity index is 397. The van der Waals surface area contributed by atoms with E-state index in [1.807, 2.05) is 11.8 Å². The number of rotatable bonds is 4. The maximum atomic E-state index is 8.90. The molecule has 90 valence electrons. The molecule has 1 fully saturated rings. The van der Waals surface area contributed by atoms with Crippen LogP contribution in [0.4, 0.5) is 5.82 Å². The van der Waals surface area contributed by atoms with E-state index in [9.17, 15) is 0 Å². The maximum absolute atomic E-state index is 8.90. The summed E-state index contributed by atoms with van der Waals surface area (Å²) in [7, 11) is 0. The van der Waals surface area contributed by atoms with E-state index in [0.717, 1.165) is 26.2 Å². The van der Waals surface area contributed by atoms with Gasteiger partial charge in [-0.15, -0.1) is 5.10 Å². The lowest BCUT2D eigenvalue weighted by atomic mass is 10.3. The summed E-state index contributed by atoms with van der Waals surface area (Å²) < 4.78 is 0. The molecule has 1 aliphatic rings. The topological polar surface area (TPSA) is 64.8 Å². The second-order valence-electron chi connectivity index (χ2n) is 3.79. The van der Waals surface area contributed by atoms with E-state index < -0.39 is 0 Å². The van der Waals surface area contributed by atoms with Gasteiger partial charge in [0.05, 0.1) is 11.8 Å². The van der Waals surface area contributed by atoms with Crippen LogP contribution in [0.1, 0.15) is 5.56 Å². The van der Waals surface area contributed by atoms with E-state index in [0.29, 0.717) is 11.4 Å². The number of nitrogens with one attached hydrogen (secondary N) is 1. The van der Waals surface area contributed by atoms with E-state index >= 15 is 0 Å². The molecule has 1 saturated heterocycles. The minimum atomic E-state index is 0.550. The summed E-state index contributed by atoms with van der Waals surface area (Å²) >= 11 is 2.01. The molecule has 0 unspecified atom stereocenters. The summed E-state index contributed by atoms with van der Waals surface area (Å²) in [6.07, 6.45) is 1.53. The predicted molar refractivity (Wildman–Crippen MR) is 69.0 cm³/mol. The second kappa shape index (κ2) is 6.42. The minimum Gasteiger partial charge on any atom is -0.366 e. The van der Waals surface area contributed by atoms with Gasteiger partial charge in [-0.3, -0.25) is 4.90 Å². The Kier molecular flexibility index (Phi) is 4.59. The van der Waals surface area contributed by atoms with E-state index in [1.54, 1.807) is 6.07 Å². The first-order valence-corrected chi connectivity index (χ1v) is 6.81. The van der Waals surface area contributed by atoms with E-state index in [2.05, 4.69) is 26.5 Å². The molecular weight excluding hydrogens is 234 g/mol. The highest BCUT2D eigenvalue weighted by Crippen LogP contribution is 2.10. The van der Waals surface area contributed by atoms with Crippen LogP contribution in [0.15, 0.2) is 12.3 Å². The van der Waals surface area contributed by atoms with Gasteiger partial charge < -0.3 is 5.32 Å². The summed E-state index contributed by atoms with van der Waals surface area (Å²) in [6.45, 7) is 4.09. The number of nitrogens with zero attached hydrogens (tertiary/aromatic N) is 4. The number of nitriles is 1. The lowest BCUT2D eigenvalue weighted by molar-refractivity contribution is 0.314. The third kappa shape index (κ3) is 3.58. The Balaban J connectivity index is 1.79. The molecule has 1 aliphatic heterocycles. The molecule has 0 radical (unpaired) electrons. The first-order valence-electron chi connectivity index (χ1n) is 5.66. The summed E-state index contributed by atoms with van der Waals surface area (Å²) in [6, 6.07) is 3.78. The Morgan fingerprint density at radius 3 is 3.06 bits per heavy atom. The normalized spacial score (nSPS) is 16.4. The largest absolute Gasteiger partial charge is 0.366 e. The fourth-order valence-electron chi connectivity index (χ4n) is 1.71. The number of anilines is 1. The highest BCUT2D eigenvalue weighted by Gasteiger charge is 2.10. The molecule has 0 spiro atoms. The standard InChI is InChI=1S/C11H15N5S/c12-9-10-1-2-14-15-11(10)13-3-4-16-5-7-17-8-6-16/h1-2H,3-8H2,(H,13,15). The van der Waals surface area contributed by atoms with Crippen LogP contribution in [0.25, 0.3) is 0 Å². The maximum Gasteiger partial charge on any atom is 0.166 e. The van der Waals surface area contributed by atoms with Crippen molar-refractivity contribution in [2.24, 2.45) is 0 Å². The van der Waals surface area contributed by atoms with Crippen molar-refractivity contribution in [1.82, 2.24) is 15.1 Å². The zero-order valence-electron chi connectivity index (χ0n) is 9.59. The molecule has 17 heavy (non-hydrogen) atoms. The quantitative estimate of drug-likeness (QED) is 0.852. The first-order chi connectivity index (χ1) is 8.40. The Morgan fingerprint density at radius 1 is 1.47 bits per heavy atom. The number of thioether (sulfide) groups is 1. The molecule has 0 aliphatic carbocycles. The van der Waals surface area contributed by atoms with Crippen LogP contribution >= 0.6 is 11.8 Å². The molecule has 0 amide bonds. The second-order valence-corrected chi connectivity index (χ2v) is 5.01. The van der Waals surface area contributed by atoms with Crippen molar-refractivity contribution in [1.29, 1.82) is 5.26 Å². The highest BCUT2D eigenvalue weighted by atomic mass is 32.2. The van der Waals surface area contributed by atoms with Crippen molar-refractivity contribution in [2.75, 3.05) is 43.0 Å². The van der Waals surface area contributed by atoms with Gasteiger partial charge in [0.2, 0.25) is 0 Å². The smallest absolute Gasteiger partial charge is 0.166 e. The monoisotopic (exact) mass is 249 g/mol. The summed E-state index contributed by atoms with van der Waals surface area (Å²) in [5.74, 6) is 3.02. The molecule has 0 aromatic carbocycles. The Labute approximate surface area is 105 Å². The predicted octanol–water partition coefficient (Wildman–Crippen LogP) is 0.809. The van der Waals surface area contributed by atoms with E-state index in [1.165, 1.54) is 17.7 Å². The van der Waals surface area contributed by atoms with Crippen molar-refractivity contribution in [2.45, 2.75) is 0 Å². The van der Waals surface area contributed by atoms with Gasteiger partial charge in [-0.25, -0.2) is 0 Å². The van der Waals surface area contributed by atoms with Gasteiger partial charge in [0.15, 0.2) is 5.82 Å². The van der Waals surface area contributed by atoms with Crippen LogP contribution in [0.5, 0.6) is 0 Å². The molecule has 0 atom stereocenters. The van der Waals surface area contributed by atoms with Gasteiger partial charge in [0, 0.05) is 37.7 Å². The number of aromatic nitrogens is 2. The van der Waals surface area contributed by atoms with Crippen molar-refractivity contribution >= 4 is 17.6 Å². The molecule has 5 nitrogen and oxygen atoms in total. The van der Waals surface area contributed by atoms with Crippen molar-refractivity contribution in [3.63, 3.8) is 0 Å². The summed E-state index contributed by atoms with van der Waals surface area (Å²) in [5.41, 5.74) is 0.550. The summed E-state index contributed by atoms with van der Waals surface area (Å²) in [5, 5.41) is 19.8. The molecule has 1 N–H and O–H groups in total. The van der Waals surface area contributed by atoms with Crippen LogP contribution in [-0.4, -0.2) is 52.8 Å². The third-order valence-electron chi connectivity index (χ3n) is 2.67. The lowest BCUT2D eigenvalue weighted by Crippen LogP contribution is -2.36. The third-order valence-corrected chi connectivity index (χ3v) is 3.61. The van der Waals surface area contributed by atoms with Crippen molar-refractivity contribution < 1.29 is 0 Å². The first kappa shape index (κ1) is 12.1. The SMILES string of the molecule is N#Cc1ccnnc1NCCN1CCSCC1. The Hall–Kier alpha value is -1.32. The van der Waals surface area contributed by atoms with Gasteiger partial charge in [-0.1, -0.05) is 0 Å². The molecule has 2 heterocycles. The average molecular weight is 249 g/mol.